The summed E-state index contributed by atoms with van der Waals surface area (Å²) >= 11 is 6.15. The Morgan fingerprint density at radius 1 is 1.06 bits per heavy atom. The van der Waals surface area contributed by atoms with Crippen LogP contribution in [0.2, 0.25) is 5.02 Å². The molecule has 0 saturated heterocycles. The molecule has 1 N–H and O–H groups in total. The van der Waals surface area contributed by atoms with Gasteiger partial charge in [-0.3, -0.25) is 4.79 Å². The standard InChI is InChI=1S/C26H20ClF3N2O/c1-16-8-17(2)10-18(9-16)11-19-6-7-23(27)13-20(19)12-21(15-31)25(33)32-24-5-3-4-22(14-24)26(28,29)30/h3-10,12-14H,11H2,1-2H3,(H,32,33)/b21-12+. The quantitative estimate of drug-likeness (QED) is 0.320. The number of nitrogens with one attached hydrogen (secondary N) is 1. The van der Waals surface area contributed by atoms with E-state index in [-0.39, 0.29) is 11.3 Å². The van der Waals surface area contributed by atoms with Crippen molar-refractivity contribution >= 4 is 29.3 Å². The van der Waals surface area contributed by atoms with Gasteiger partial charge in [-0.2, -0.15) is 18.4 Å². The van der Waals surface area contributed by atoms with E-state index in [1.54, 1.807) is 12.1 Å². The molecule has 0 saturated carbocycles. The highest BCUT2D eigenvalue weighted by molar-refractivity contribution is 6.30. The van der Waals surface area contributed by atoms with E-state index < -0.39 is 17.6 Å². The molecule has 0 radical (unpaired) electrons. The lowest BCUT2D eigenvalue weighted by atomic mass is 9.96. The fraction of sp³-hybridized carbons (Fsp3) is 0.154. The number of benzene rings is 3. The number of nitriles is 1. The third kappa shape index (κ3) is 6.47. The first-order valence-electron chi connectivity index (χ1n) is 10.0. The molecular formula is C26H20ClF3N2O. The van der Waals surface area contributed by atoms with Crippen LogP contribution in [0.5, 0.6) is 0 Å². The SMILES string of the molecule is Cc1cc(C)cc(Cc2ccc(Cl)cc2/C=C(\C#N)C(=O)Nc2cccc(C(F)(F)F)c2)c1. The Balaban J connectivity index is 1.91. The maximum Gasteiger partial charge on any atom is 0.416 e. The van der Waals surface area contributed by atoms with Crippen LogP contribution in [-0.2, 0) is 17.4 Å². The van der Waals surface area contributed by atoms with Crippen LogP contribution >= 0.6 is 11.6 Å². The number of nitrogens with zero attached hydrogens (tertiary/aromatic N) is 1. The Morgan fingerprint density at radius 3 is 2.39 bits per heavy atom. The number of amides is 1. The highest BCUT2D eigenvalue weighted by atomic mass is 35.5. The van der Waals surface area contributed by atoms with Gasteiger partial charge in [0.05, 0.1) is 5.56 Å². The van der Waals surface area contributed by atoms with Crippen molar-refractivity contribution in [3.63, 3.8) is 0 Å². The third-order valence-corrected chi connectivity index (χ3v) is 5.13. The van der Waals surface area contributed by atoms with Gasteiger partial charge in [-0.1, -0.05) is 53.1 Å². The van der Waals surface area contributed by atoms with E-state index in [4.69, 9.17) is 11.6 Å². The number of anilines is 1. The van der Waals surface area contributed by atoms with Crippen molar-refractivity contribution in [2.75, 3.05) is 5.32 Å². The first kappa shape index (κ1) is 24.1. The maximum absolute atomic E-state index is 12.9. The average Bonchev–Trinajstić information content (AvgIpc) is 2.72. The molecule has 0 unspecified atom stereocenters. The molecule has 0 spiro atoms. The van der Waals surface area contributed by atoms with Crippen molar-refractivity contribution in [1.29, 1.82) is 5.26 Å². The van der Waals surface area contributed by atoms with Gasteiger partial charge in [-0.15, -0.1) is 0 Å². The summed E-state index contributed by atoms with van der Waals surface area (Å²) in [7, 11) is 0. The van der Waals surface area contributed by atoms with E-state index in [9.17, 15) is 23.2 Å². The molecule has 33 heavy (non-hydrogen) atoms. The van der Waals surface area contributed by atoms with Crippen molar-refractivity contribution in [3.05, 3.63) is 105 Å². The highest BCUT2D eigenvalue weighted by Crippen LogP contribution is 2.31. The zero-order chi connectivity index (χ0) is 24.2. The fourth-order valence-electron chi connectivity index (χ4n) is 3.53. The van der Waals surface area contributed by atoms with E-state index >= 15 is 0 Å². The van der Waals surface area contributed by atoms with Crippen molar-refractivity contribution in [3.8, 4) is 6.07 Å². The summed E-state index contributed by atoms with van der Waals surface area (Å²) < 4.78 is 38.8. The number of alkyl halides is 3. The van der Waals surface area contributed by atoms with E-state index in [1.807, 2.05) is 26.0 Å². The number of carbonyl (C=O) groups is 1. The van der Waals surface area contributed by atoms with E-state index in [0.29, 0.717) is 17.0 Å². The zero-order valence-electron chi connectivity index (χ0n) is 17.9. The van der Waals surface area contributed by atoms with Gasteiger partial charge in [-0.25, -0.2) is 0 Å². The third-order valence-electron chi connectivity index (χ3n) is 4.90. The fourth-order valence-corrected chi connectivity index (χ4v) is 3.71. The normalized spacial score (nSPS) is 11.7. The van der Waals surface area contributed by atoms with Crippen LogP contribution in [0.4, 0.5) is 18.9 Å². The minimum atomic E-state index is -4.54. The number of hydrogen-bond acceptors (Lipinski definition) is 2. The van der Waals surface area contributed by atoms with Crippen LogP contribution in [0, 0.1) is 25.2 Å². The first-order chi connectivity index (χ1) is 15.5. The maximum atomic E-state index is 12.9. The van der Waals surface area contributed by atoms with Crippen LogP contribution in [-0.4, -0.2) is 5.91 Å². The second kappa shape index (κ2) is 9.93. The molecule has 0 aliphatic rings. The van der Waals surface area contributed by atoms with Crippen LogP contribution in [0.15, 0.2) is 66.2 Å². The Labute approximate surface area is 195 Å². The molecule has 3 rings (SSSR count). The Bertz CT molecular complexity index is 1250. The summed E-state index contributed by atoms with van der Waals surface area (Å²) in [5.41, 5.74) is 3.53. The molecule has 0 aromatic heterocycles. The summed E-state index contributed by atoms with van der Waals surface area (Å²) in [6.07, 6.45) is -2.59. The predicted molar refractivity (Wildman–Crippen MR) is 124 cm³/mol. The molecule has 3 nitrogen and oxygen atoms in total. The molecule has 0 heterocycles. The summed E-state index contributed by atoms with van der Waals surface area (Å²) in [6, 6.07) is 17.4. The summed E-state index contributed by atoms with van der Waals surface area (Å²) in [5, 5.41) is 12.3. The van der Waals surface area contributed by atoms with Gasteiger partial charge < -0.3 is 5.32 Å². The lowest BCUT2D eigenvalue weighted by Crippen LogP contribution is -2.14. The van der Waals surface area contributed by atoms with Gasteiger partial charge in [0.25, 0.3) is 5.91 Å². The van der Waals surface area contributed by atoms with Gasteiger partial charge in [-0.05, 0) is 73.4 Å². The lowest BCUT2D eigenvalue weighted by molar-refractivity contribution is -0.137. The van der Waals surface area contributed by atoms with Gasteiger partial charge in [0.1, 0.15) is 11.6 Å². The number of rotatable bonds is 5. The minimum absolute atomic E-state index is 0.0578. The molecular weight excluding hydrogens is 449 g/mol. The van der Waals surface area contributed by atoms with Gasteiger partial charge in [0.2, 0.25) is 0 Å². The van der Waals surface area contributed by atoms with E-state index in [2.05, 4.69) is 23.5 Å². The highest BCUT2D eigenvalue weighted by Gasteiger charge is 2.30. The zero-order valence-corrected chi connectivity index (χ0v) is 18.7. The molecule has 3 aromatic rings. The molecule has 0 aliphatic heterocycles. The van der Waals surface area contributed by atoms with Crippen LogP contribution in [0.1, 0.15) is 33.4 Å². The Hall–Kier alpha value is -3.56. The summed E-state index contributed by atoms with van der Waals surface area (Å²) in [5.74, 6) is -0.811. The van der Waals surface area contributed by atoms with E-state index in [1.165, 1.54) is 18.2 Å². The molecule has 7 heteroatoms. The molecule has 3 aromatic carbocycles. The Kier molecular flexibility index (Phi) is 7.25. The van der Waals surface area contributed by atoms with E-state index in [0.717, 1.165) is 34.4 Å². The van der Waals surface area contributed by atoms with Crippen molar-refractivity contribution in [2.45, 2.75) is 26.4 Å². The number of hydrogen-bond donors (Lipinski definition) is 1. The number of halogens is 4. The van der Waals surface area contributed by atoms with Crippen molar-refractivity contribution in [2.24, 2.45) is 0 Å². The minimum Gasteiger partial charge on any atom is -0.321 e. The number of carbonyl (C=O) groups excluding carboxylic acids is 1. The van der Waals surface area contributed by atoms with Crippen LogP contribution in [0.25, 0.3) is 6.08 Å². The molecule has 0 aliphatic carbocycles. The molecule has 1 amide bonds. The Morgan fingerprint density at radius 2 is 1.76 bits per heavy atom. The number of aryl methyl sites for hydroxylation is 2. The first-order valence-corrected chi connectivity index (χ1v) is 10.4. The van der Waals surface area contributed by atoms with Crippen LogP contribution in [0.3, 0.4) is 0 Å². The molecule has 0 fully saturated rings. The van der Waals surface area contributed by atoms with Crippen LogP contribution < -0.4 is 5.32 Å². The lowest BCUT2D eigenvalue weighted by Gasteiger charge is -2.11. The average molecular weight is 469 g/mol. The van der Waals surface area contributed by atoms with Gasteiger partial charge >= 0.3 is 6.18 Å². The summed E-state index contributed by atoms with van der Waals surface area (Å²) in [4.78, 5) is 12.6. The molecule has 0 bridgehead atoms. The summed E-state index contributed by atoms with van der Waals surface area (Å²) in [6.45, 7) is 4.01. The largest absolute Gasteiger partial charge is 0.416 e. The second-order valence-electron chi connectivity index (χ2n) is 7.72. The monoisotopic (exact) mass is 468 g/mol. The smallest absolute Gasteiger partial charge is 0.321 e. The van der Waals surface area contributed by atoms with Gasteiger partial charge in [0.15, 0.2) is 0 Å². The van der Waals surface area contributed by atoms with Crippen molar-refractivity contribution < 1.29 is 18.0 Å². The molecule has 0 atom stereocenters. The molecule has 168 valence electrons. The van der Waals surface area contributed by atoms with Crippen molar-refractivity contribution in [1.82, 2.24) is 0 Å². The van der Waals surface area contributed by atoms with Gasteiger partial charge in [0, 0.05) is 10.7 Å². The topological polar surface area (TPSA) is 52.9 Å². The second-order valence-corrected chi connectivity index (χ2v) is 8.15. The predicted octanol–water partition coefficient (Wildman–Crippen LogP) is 7.11.